The van der Waals surface area contributed by atoms with Crippen molar-refractivity contribution in [2.45, 2.75) is 45.6 Å². The van der Waals surface area contributed by atoms with Gasteiger partial charge in [-0.25, -0.2) is 4.98 Å². The first-order chi connectivity index (χ1) is 16.7. The predicted molar refractivity (Wildman–Crippen MR) is 135 cm³/mol. The van der Waals surface area contributed by atoms with E-state index in [0.29, 0.717) is 42.9 Å². The highest BCUT2D eigenvalue weighted by Gasteiger charge is 2.26. The fraction of sp³-hybridized carbons (Fsp3) is 0.478. The van der Waals surface area contributed by atoms with Crippen molar-refractivity contribution in [3.05, 3.63) is 29.3 Å². The zero-order chi connectivity index (χ0) is 25.8. The van der Waals surface area contributed by atoms with Crippen LogP contribution in [0, 0.1) is 5.41 Å². The van der Waals surface area contributed by atoms with E-state index in [4.69, 9.17) is 11.1 Å². The van der Waals surface area contributed by atoms with Crippen molar-refractivity contribution in [2.75, 3.05) is 26.2 Å². The van der Waals surface area contributed by atoms with Gasteiger partial charge in [0.15, 0.2) is 11.0 Å². The van der Waals surface area contributed by atoms with Gasteiger partial charge in [0.05, 0.1) is 29.3 Å². The third-order valence-corrected chi connectivity index (χ3v) is 6.15. The molecule has 0 radical (unpaired) electrons. The molecule has 0 saturated carbocycles. The Kier molecular flexibility index (Phi) is 11.1. The molecule has 0 bridgehead atoms. The van der Waals surface area contributed by atoms with Crippen LogP contribution in [-0.2, 0) is 14.4 Å². The van der Waals surface area contributed by atoms with E-state index in [1.807, 2.05) is 31.2 Å². The number of nitrogens with one attached hydrogen (secondary N) is 4. The molecule has 0 aliphatic carbocycles. The minimum atomic E-state index is -0.852. The lowest BCUT2D eigenvalue weighted by Crippen LogP contribution is -2.49. The summed E-state index contributed by atoms with van der Waals surface area (Å²) in [5.74, 6) is -1.67. The molecule has 0 fully saturated rings. The fourth-order valence-electron chi connectivity index (χ4n) is 3.29. The summed E-state index contributed by atoms with van der Waals surface area (Å²) in [6.45, 7) is 3.59. The van der Waals surface area contributed by atoms with Crippen LogP contribution in [-0.4, -0.2) is 71.6 Å². The lowest BCUT2D eigenvalue weighted by atomic mass is 10.1. The number of para-hydroxylation sites is 1. The smallest absolute Gasteiger partial charge is 0.242 e. The van der Waals surface area contributed by atoms with Crippen molar-refractivity contribution in [2.24, 2.45) is 5.73 Å². The van der Waals surface area contributed by atoms with Gasteiger partial charge in [0, 0.05) is 20.0 Å². The normalized spacial score (nSPS) is 11.5. The Morgan fingerprint density at radius 2 is 1.91 bits per heavy atom. The lowest BCUT2D eigenvalue weighted by Gasteiger charge is -2.24. The molecule has 1 atom stereocenters. The van der Waals surface area contributed by atoms with E-state index < -0.39 is 11.9 Å². The quantitative estimate of drug-likeness (QED) is 0.111. The maximum absolute atomic E-state index is 13.3. The number of rotatable bonds is 14. The third kappa shape index (κ3) is 9.32. The summed E-state index contributed by atoms with van der Waals surface area (Å²) in [6.07, 6.45) is 2.30. The van der Waals surface area contributed by atoms with Crippen LogP contribution in [0.2, 0.25) is 0 Å². The molecule has 190 valence electrons. The first-order valence-corrected chi connectivity index (χ1v) is 12.3. The van der Waals surface area contributed by atoms with Crippen LogP contribution in [0.1, 0.15) is 49.3 Å². The van der Waals surface area contributed by atoms with E-state index in [0.717, 1.165) is 11.1 Å². The van der Waals surface area contributed by atoms with E-state index in [1.165, 1.54) is 23.2 Å². The number of aromatic nitrogens is 1. The molecule has 0 aliphatic rings. The zero-order valence-corrected chi connectivity index (χ0v) is 20.9. The second kappa shape index (κ2) is 14.0. The average Bonchev–Trinajstić information content (AvgIpc) is 3.25. The number of ketones is 1. The second-order valence-electron chi connectivity index (χ2n) is 8.03. The summed E-state index contributed by atoms with van der Waals surface area (Å²) in [5.41, 5.74) is 6.02. The van der Waals surface area contributed by atoms with E-state index in [9.17, 15) is 19.2 Å². The summed E-state index contributed by atoms with van der Waals surface area (Å²) in [7, 11) is 0. The van der Waals surface area contributed by atoms with E-state index in [2.05, 4.69) is 20.9 Å². The number of thiazole rings is 1. The molecule has 2 rings (SSSR count). The molecule has 2 aromatic rings. The standard InChI is InChI=1S/C23H33N7O4S/c1-3-4-12-30(20(33)13-27-15(2)31)14-19(32)28-17(9-7-11-26-23(24)25)21(34)22-29-16-8-5-6-10-18(16)35-22/h5-6,8,10,17H,3-4,7,9,11-14H2,1-2H3,(H,27,31)(H,28,32)(H4,24,25,26)/t17-/m0/s1. The molecule has 0 unspecified atom stereocenters. The molecular formula is C23H33N7O4S. The highest BCUT2D eigenvalue weighted by molar-refractivity contribution is 7.20. The number of nitrogens with two attached hydrogens (primary N) is 1. The molecule has 1 heterocycles. The number of hydrogen-bond acceptors (Lipinski definition) is 7. The fourth-order valence-corrected chi connectivity index (χ4v) is 4.25. The summed E-state index contributed by atoms with van der Waals surface area (Å²) < 4.78 is 0.869. The van der Waals surface area contributed by atoms with Crippen LogP contribution in [0.4, 0.5) is 0 Å². The van der Waals surface area contributed by atoms with Gasteiger partial charge in [-0.3, -0.25) is 24.6 Å². The first-order valence-electron chi connectivity index (χ1n) is 11.5. The van der Waals surface area contributed by atoms with Crippen LogP contribution >= 0.6 is 11.3 Å². The summed E-state index contributed by atoms with van der Waals surface area (Å²) in [5, 5.41) is 15.5. The predicted octanol–water partition coefficient (Wildman–Crippen LogP) is 0.992. The number of nitrogens with zero attached hydrogens (tertiary/aromatic N) is 2. The topological polar surface area (TPSA) is 170 Å². The maximum atomic E-state index is 13.3. The van der Waals surface area contributed by atoms with Crippen molar-refractivity contribution in [1.29, 1.82) is 5.41 Å². The summed E-state index contributed by atoms with van der Waals surface area (Å²) >= 11 is 1.26. The molecule has 12 heteroatoms. The Morgan fingerprint density at radius 3 is 2.57 bits per heavy atom. The Balaban J connectivity index is 2.12. The molecule has 6 N–H and O–H groups in total. The average molecular weight is 504 g/mol. The van der Waals surface area contributed by atoms with Gasteiger partial charge < -0.3 is 26.6 Å². The van der Waals surface area contributed by atoms with Crippen molar-refractivity contribution >= 4 is 51.0 Å². The van der Waals surface area contributed by atoms with Gasteiger partial charge in [-0.05, 0) is 31.4 Å². The molecule has 0 saturated heterocycles. The number of guanidine groups is 1. The number of unbranched alkanes of at least 4 members (excludes halogenated alkanes) is 1. The number of carbonyl (C=O) groups excluding carboxylic acids is 4. The first kappa shape index (κ1) is 27.7. The Labute approximate surface area is 208 Å². The third-order valence-electron chi connectivity index (χ3n) is 5.10. The van der Waals surface area contributed by atoms with Crippen LogP contribution in [0.3, 0.4) is 0 Å². The van der Waals surface area contributed by atoms with Crippen LogP contribution in [0.25, 0.3) is 10.2 Å². The molecule has 0 spiro atoms. The minimum absolute atomic E-state index is 0.174. The van der Waals surface area contributed by atoms with Gasteiger partial charge in [-0.15, -0.1) is 11.3 Å². The molecule has 1 aromatic heterocycles. The molecule has 11 nitrogen and oxygen atoms in total. The highest BCUT2D eigenvalue weighted by atomic mass is 32.1. The summed E-state index contributed by atoms with van der Waals surface area (Å²) in [6, 6.07) is 6.55. The van der Waals surface area contributed by atoms with E-state index >= 15 is 0 Å². The van der Waals surface area contributed by atoms with Crippen molar-refractivity contribution in [3.8, 4) is 0 Å². The highest BCUT2D eigenvalue weighted by Crippen LogP contribution is 2.23. The molecule has 3 amide bonds. The van der Waals surface area contributed by atoms with Crippen molar-refractivity contribution < 1.29 is 19.2 Å². The van der Waals surface area contributed by atoms with Gasteiger partial charge in [0.25, 0.3) is 0 Å². The molecule has 35 heavy (non-hydrogen) atoms. The SMILES string of the molecule is CCCCN(CC(=O)N[C@@H](CCCNC(=N)N)C(=O)c1nc2ccccc2s1)C(=O)CNC(C)=O. The van der Waals surface area contributed by atoms with E-state index in [-0.39, 0.29) is 36.6 Å². The Bertz CT molecular complexity index is 1020. The molecule has 0 aliphatic heterocycles. The Hall–Kier alpha value is -3.54. The van der Waals surface area contributed by atoms with E-state index in [1.54, 1.807) is 0 Å². The monoisotopic (exact) mass is 503 g/mol. The van der Waals surface area contributed by atoms with Crippen LogP contribution in [0.15, 0.2) is 24.3 Å². The zero-order valence-electron chi connectivity index (χ0n) is 20.1. The lowest BCUT2D eigenvalue weighted by molar-refractivity contribution is -0.136. The number of Topliss-reactive ketones (excluding diaryl/α,β-unsaturated/α-hetero) is 1. The number of carbonyl (C=O) groups is 4. The van der Waals surface area contributed by atoms with Crippen LogP contribution < -0.4 is 21.7 Å². The van der Waals surface area contributed by atoms with Crippen LogP contribution in [0.5, 0.6) is 0 Å². The number of amides is 3. The van der Waals surface area contributed by atoms with Gasteiger partial charge in [-0.1, -0.05) is 25.5 Å². The van der Waals surface area contributed by atoms with Crippen molar-refractivity contribution in [3.63, 3.8) is 0 Å². The van der Waals surface area contributed by atoms with Gasteiger partial charge >= 0.3 is 0 Å². The minimum Gasteiger partial charge on any atom is -0.370 e. The number of benzene rings is 1. The van der Waals surface area contributed by atoms with Gasteiger partial charge in [0.1, 0.15) is 0 Å². The Morgan fingerprint density at radius 1 is 1.17 bits per heavy atom. The van der Waals surface area contributed by atoms with Gasteiger partial charge in [-0.2, -0.15) is 0 Å². The largest absolute Gasteiger partial charge is 0.370 e. The maximum Gasteiger partial charge on any atom is 0.242 e. The number of hydrogen-bond donors (Lipinski definition) is 5. The molecular weight excluding hydrogens is 470 g/mol. The van der Waals surface area contributed by atoms with Crippen molar-refractivity contribution in [1.82, 2.24) is 25.8 Å². The molecule has 1 aromatic carbocycles. The second-order valence-corrected chi connectivity index (χ2v) is 9.06. The van der Waals surface area contributed by atoms with Gasteiger partial charge in [0.2, 0.25) is 23.5 Å². The summed E-state index contributed by atoms with van der Waals surface area (Å²) in [4.78, 5) is 55.6. The number of fused-ring (bicyclic) bond motifs is 1.